The van der Waals surface area contributed by atoms with Crippen LogP contribution in [0.4, 0.5) is 0 Å². The summed E-state index contributed by atoms with van der Waals surface area (Å²) in [5.74, 6) is 0.468. The molecule has 19 heavy (non-hydrogen) atoms. The second kappa shape index (κ2) is 8.51. The van der Waals surface area contributed by atoms with Gasteiger partial charge in [-0.2, -0.15) is 0 Å². The third-order valence-electron chi connectivity index (χ3n) is 3.83. The van der Waals surface area contributed by atoms with Crippen LogP contribution in [0.25, 0.3) is 0 Å². The minimum atomic E-state index is -0.466. The van der Waals surface area contributed by atoms with Crippen molar-refractivity contribution < 1.29 is 9.53 Å². The number of methoxy groups -OCH3 is 1. The van der Waals surface area contributed by atoms with E-state index in [4.69, 9.17) is 10.5 Å². The van der Waals surface area contributed by atoms with Gasteiger partial charge in [0.2, 0.25) is 5.91 Å². The van der Waals surface area contributed by atoms with E-state index in [1.165, 1.54) is 12.8 Å². The summed E-state index contributed by atoms with van der Waals surface area (Å²) in [5.41, 5.74) is 5.81. The van der Waals surface area contributed by atoms with Gasteiger partial charge in [-0.25, -0.2) is 0 Å². The molecule has 0 aromatic heterocycles. The van der Waals surface area contributed by atoms with E-state index in [1.807, 2.05) is 0 Å². The third kappa shape index (κ3) is 5.47. The summed E-state index contributed by atoms with van der Waals surface area (Å²) in [4.78, 5) is 14.4. The summed E-state index contributed by atoms with van der Waals surface area (Å²) in [6, 6.07) is -0.0487. The molecule has 1 heterocycles. The summed E-state index contributed by atoms with van der Waals surface area (Å²) in [6.45, 7) is 7.92. The number of nitrogens with two attached hydrogens (primary N) is 1. The molecular weight excluding hydrogens is 242 g/mol. The highest BCUT2D eigenvalue weighted by Gasteiger charge is 2.25. The Balaban J connectivity index is 2.36. The first kappa shape index (κ1) is 16.4. The normalized spacial score (nSPS) is 19.6. The van der Waals surface area contributed by atoms with Crippen molar-refractivity contribution in [1.82, 2.24) is 10.2 Å². The number of hydrogen-bond acceptors (Lipinski definition) is 4. The van der Waals surface area contributed by atoms with Crippen molar-refractivity contribution in [2.24, 2.45) is 11.7 Å². The number of carbonyl (C=O) groups excluding carboxylic acids is 1. The van der Waals surface area contributed by atoms with E-state index in [0.717, 1.165) is 13.1 Å². The van der Waals surface area contributed by atoms with Crippen LogP contribution in [0.15, 0.2) is 0 Å². The highest BCUT2D eigenvalue weighted by atomic mass is 16.5. The van der Waals surface area contributed by atoms with E-state index >= 15 is 0 Å². The van der Waals surface area contributed by atoms with Gasteiger partial charge in [0, 0.05) is 26.3 Å². The maximum Gasteiger partial charge on any atom is 0.237 e. The summed E-state index contributed by atoms with van der Waals surface area (Å²) >= 11 is 0. The maximum atomic E-state index is 11.9. The molecule has 3 N–H and O–H groups in total. The quantitative estimate of drug-likeness (QED) is 0.678. The Labute approximate surface area is 116 Å². The average molecular weight is 271 g/mol. The van der Waals surface area contributed by atoms with E-state index < -0.39 is 6.04 Å². The molecule has 1 amide bonds. The Morgan fingerprint density at radius 1 is 1.37 bits per heavy atom. The van der Waals surface area contributed by atoms with Crippen LogP contribution in [-0.2, 0) is 9.53 Å². The number of likely N-dealkylation sites (tertiary alicyclic amines) is 1. The van der Waals surface area contributed by atoms with Gasteiger partial charge in [0.25, 0.3) is 0 Å². The highest BCUT2D eigenvalue weighted by molar-refractivity contribution is 5.81. The summed E-state index contributed by atoms with van der Waals surface area (Å²) in [5, 5.41) is 2.99. The van der Waals surface area contributed by atoms with Crippen molar-refractivity contribution in [3.63, 3.8) is 0 Å². The fraction of sp³-hybridized carbons (Fsp3) is 0.929. The lowest BCUT2D eigenvalue weighted by atomic mass is 10.0. The smallest absolute Gasteiger partial charge is 0.237 e. The van der Waals surface area contributed by atoms with Gasteiger partial charge in [0.1, 0.15) is 0 Å². The van der Waals surface area contributed by atoms with Crippen molar-refractivity contribution in [1.29, 1.82) is 0 Å². The predicted octanol–water partition coefficient (Wildman–Crippen LogP) is 0.587. The van der Waals surface area contributed by atoms with Crippen molar-refractivity contribution in [2.45, 2.75) is 45.2 Å². The first-order valence-electron chi connectivity index (χ1n) is 7.32. The predicted molar refractivity (Wildman–Crippen MR) is 76.9 cm³/mol. The minimum Gasteiger partial charge on any atom is -0.385 e. The number of amides is 1. The summed E-state index contributed by atoms with van der Waals surface area (Å²) < 4.78 is 4.94. The first-order valence-corrected chi connectivity index (χ1v) is 7.32. The van der Waals surface area contributed by atoms with E-state index in [1.54, 1.807) is 7.11 Å². The lowest BCUT2D eigenvalue weighted by molar-refractivity contribution is -0.123. The summed E-state index contributed by atoms with van der Waals surface area (Å²) in [6.07, 6.45) is 3.10. The van der Waals surface area contributed by atoms with Crippen LogP contribution in [0, 0.1) is 5.92 Å². The molecule has 0 aliphatic carbocycles. The number of rotatable bonds is 8. The molecule has 1 fully saturated rings. The lowest BCUT2D eigenvalue weighted by Crippen LogP contribution is -2.49. The van der Waals surface area contributed by atoms with Crippen LogP contribution in [-0.4, -0.2) is 56.2 Å². The molecule has 0 spiro atoms. The zero-order valence-corrected chi connectivity index (χ0v) is 12.5. The Kier molecular flexibility index (Phi) is 7.34. The molecule has 0 aromatic carbocycles. The number of nitrogens with zero attached hydrogens (tertiary/aromatic N) is 1. The number of ether oxygens (including phenoxy) is 1. The van der Waals surface area contributed by atoms with Gasteiger partial charge in [-0.15, -0.1) is 0 Å². The molecule has 0 bridgehead atoms. The molecule has 2 unspecified atom stereocenters. The SMILES string of the molecule is COCCC(N)C(=O)NCC(C(C)C)N1CCCC1. The monoisotopic (exact) mass is 271 g/mol. The molecule has 1 aliphatic rings. The first-order chi connectivity index (χ1) is 9.06. The zero-order valence-electron chi connectivity index (χ0n) is 12.5. The Hall–Kier alpha value is -0.650. The standard InChI is InChI=1S/C14H29N3O2/c1-11(2)13(17-7-4-5-8-17)10-16-14(18)12(15)6-9-19-3/h11-13H,4-10,15H2,1-3H3,(H,16,18). The van der Waals surface area contributed by atoms with Crippen LogP contribution in [0.1, 0.15) is 33.1 Å². The Bertz CT molecular complexity index is 265. The largest absolute Gasteiger partial charge is 0.385 e. The fourth-order valence-corrected chi connectivity index (χ4v) is 2.57. The fourth-order valence-electron chi connectivity index (χ4n) is 2.57. The van der Waals surface area contributed by atoms with Crippen molar-refractivity contribution >= 4 is 5.91 Å². The van der Waals surface area contributed by atoms with Gasteiger partial charge >= 0.3 is 0 Å². The van der Waals surface area contributed by atoms with Crippen LogP contribution >= 0.6 is 0 Å². The molecule has 0 saturated carbocycles. The van der Waals surface area contributed by atoms with Gasteiger partial charge in [0.05, 0.1) is 6.04 Å². The zero-order chi connectivity index (χ0) is 14.3. The molecule has 0 radical (unpaired) electrons. The summed E-state index contributed by atoms with van der Waals surface area (Å²) in [7, 11) is 1.62. The molecule has 1 saturated heterocycles. The van der Waals surface area contributed by atoms with Crippen molar-refractivity contribution in [2.75, 3.05) is 33.4 Å². The van der Waals surface area contributed by atoms with Crippen molar-refractivity contribution in [3.05, 3.63) is 0 Å². The number of carbonyl (C=O) groups is 1. The van der Waals surface area contributed by atoms with Crippen LogP contribution in [0.5, 0.6) is 0 Å². The van der Waals surface area contributed by atoms with E-state index in [0.29, 0.717) is 31.5 Å². The van der Waals surface area contributed by atoms with Gasteiger partial charge in [-0.3, -0.25) is 9.69 Å². The van der Waals surface area contributed by atoms with E-state index in [2.05, 4.69) is 24.1 Å². The second-order valence-corrected chi connectivity index (χ2v) is 5.69. The Morgan fingerprint density at radius 3 is 2.53 bits per heavy atom. The molecule has 2 atom stereocenters. The van der Waals surface area contributed by atoms with E-state index in [-0.39, 0.29) is 5.91 Å². The van der Waals surface area contributed by atoms with Crippen LogP contribution in [0.2, 0.25) is 0 Å². The molecule has 0 aromatic rings. The topological polar surface area (TPSA) is 67.6 Å². The van der Waals surface area contributed by atoms with Gasteiger partial charge in [-0.05, 0) is 38.3 Å². The van der Waals surface area contributed by atoms with Gasteiger partial charge < -0.3 is 15.8 Å². The molecule has 1 rings (SSSR count). The molecule has 5 nitrogen and oxygen atoms in total. The maximum absolute atomic E-state index is 11.9. The molecular formula is C14H29N3O2. The number of hydrogen-bond donors (Lipinski definition) is 2. The lowest BCUT2D eigenvalue weighted by Gasteiger charge is -2.31. The molecule has 112 valence electrons. The van der Waals surface area contributed by atoms with Gasteiger partial charge in [-0.1, -0.05) is 13.8 Å². The average Bonchev–Trinajstić information content (AvgIpc) is 2.89. The second-order valence-electron chi connectivity index (χ2n) is 5.69. The Morgan fingerprint density at radius 2 is 2.00 bits per heavy atom. The van der Waals surface area contributed by atoms with Crippen molar-refractivity contribution in [3.8, 4) is 0 Å². The molecule has 5 heteroatoms. The molecule has 1 aliphatic heterocycles. The minimum absolute atomic E-state index is 0.0677. The number of nitrogens with one attached hydrogen (secondary N) is 1. The van der Waals surface area contributed by atoms with Gasteiger partial charge in [0.15, 0.2) is 0 Å². The van der Waals surface area contributed by atoms with Crippen LogP contribution in [0.3, 0.4) is 0 Å². The third-order valence-corrected chi connectivity index (χ3v) is 3.83. The van der Waals surface area contributed by atoms with E-state index in [9.17, 15) is 4.79 Å². The highest BCUT2D eigenvalue weighted by Crippen LogP contribution is 2.17. The van der Waals surface area contributed by atoms with Crippen LogP contribution < -0.4 is 11.1 Å².